The van der Waals surface area contributed by atoms with Gasteiger partial charge in [-0.15, -0.1) is 11.8 Å². The van der Waals surface area contributed by atoms with Gasteiger partial charge >= 0.3 is 0 Å². The van der Waals surface area contributed by atoms with Crippen LogP contribution in [-0.4, -0.2) is 28.7 Å². The second-order valence-corrected chi connectivity index (χ2v) is 6.78. The van der Waals surface area contributed by atoms with E-state index in [0.29, 0.717) is 0 Å². The van der Waals surface area contributed by atoms with Crippen LogP contribution in [0.2, 0.25) is 0 Å². The van der Waals surface area contributed by atoms with Gasteiger partial charge in [0, 0.05) is 33.1 Å². The maximum Gasteiger partial charge on any atom is 0.217 e. The normalized spacial score (nSPS) is 12.1. The van der Waals surface area contributed by atoms with E-state index in [1.807, 2.05) is 31.2 Å². The first-order chi connectivity index (χ1) is 10.4. The molecule has 5 nitrogen and oxygen atoms in total. The number of nitrogens with one attached hydrogen (secondary N) is 1. The highest BCUT2D eigenvalue weighted by Gasteiger charge is 2.13. The van der Waals surface area contributed by atoms with Crippen LogP contribution in [-0.2, 0) is 9.59 Å². The fraction of sp³-hybridized carbons (Fsp3) is 0.267. The predicted octanol–water partition coefficient (Wildman–Crippen LogP) is 1.65. The van der Waals surface area contributed by atoms with Gasteiger partial charge in [0.2, 0.25) is 5.91 Å². The summed E-state index contributed by atoms with van der Waals surface area (Å²) in [5.74, 6) is -1.50. The maximum atomic E-state index is 11.1. The Labute approximate surface area is 140 Å². The van der Waals surface area contributed by atoms with Crippen molar-refractivity contribution in [3.63, 3.8) is 0 Å². The Morgan fingerprint density at radius 3 is 2.77 bits per heavy atom. The van der Waals surface area contributed by atoms with E-state index in [4.69, 9.17) is 0 Å². The minimum Gasteiger partial charge on any atom is -0.548 e. The van der Waals surface area contributed by atoms with Gasteiger partial charge in [0.15, 0.2) is 0 Å². The van der Waals surface area contributed by atoms with E-state index < -0.39 is 17.9 Å². The molecule has 1 N–H and O–H groups in total. The van der Waals surface area contributed by atoms with Crippen LogP contribution in [0.5, 0.6) is 0 Å². The first kappa shape index (κ1) is 16.8. The molecule has 0 bridgehead atoms. The maximum absolute atomic E-state index is 11.1. The third-order valence-corrected chi connectivity index (χ3v) is 4.57. The standard InChI is InChI=1S/C15H15BrN2O3S/c1-8-5-14(11-6-10(16)3-4-12(11)17-8)22-7-13(15(20)21)18-9(2)19/h3-6,13H,7H2,1-2H3,(H,18,19)(H,20,21)/p-1/t13-/m1/s1. The molecular formula is C15H14BrN2O3S-. The molecule has 0 radical (unpaired) electrons. The zero-order valence-electron chi connectivity index (χ0n) is 12.1. The molecule has 1 heterocycles. The second kappa shape index (κ2) is 7.11. The monoisotopic (exact) mass is 381 g/mol. The number of hydrogen-bond acceptors (Lipinski definition) is 5. The van der Waals surface area contributed by atoms with Crippen molar-refractivity contribution in [3.8, 4) is 0 Å². The van der Waals surface area contributed by atoms with E-state index >= 15 is 0 Å². The van der Waals surface area contributed by atoms with E-state index in [9.17, 15) is 14.7 Å². The first-order valence-electron chi connectivity index (χ1n) is 6.54. The molecular weight excluding hydrogens is 368 g/mol. The molecule has 0 aliphatic carbocycles. The molecule has 0 saturated heterocycles. The molecule has 22 heavy (non-hydrogen) atoms. The molecule has 1 amide bonds. The lowest BCUT2D eigenvalue weighted by molar-refractivity contribution is -0.307. The van der Waals surface area contributed by atoms with Crippen molar-refractivity contribution < 1.29 is 14.7 Å². The summed E-state index contributed by atoms with van der Waals surface area (Å²) in [6.07, 6.45) is 0. The highest BCUT2D eigenvalue weighted by molar-refractivity contribution is 9.10. The third kappa shape index (κ3) is 4.20. The molecule has 116 valence electrons. The summed E-state index contributed by atoms with van der Waals surface area (Å²) in [5, 5.41) is 14.4. The van der Waals surface area contributed by atoms with Crippen LogP contribution in [0.4, 0.5) is 0 Å². The van der Waals surface area contributed by atoms with Gasteiger partial charge in [-0.05, 0) is 31.2 Å². The molecule has 0 aliphatic heterocycles. The van der Waals surface area contributed by atoms with Gasteiger partial charge < -0.3 is 15.2 Å². The van der Waals surface area contributed by atoms with Crippen molar-refractivity contribution in [2.24, 2.45) is 0 Å². The zero-order chi connectivity index (χ0) is 16.3. The molecule has 1 atom stereocenters. The van der Waals surface area contributed by atoms with Crippen molar-refractivity contribution >= 4 is 50.5 Å². The number of aryl methyl sites for hydroxylation is 1. The number of benzene rings is 1. The van der Waals surface area contributed by atoms with Crippen molar-refractivity contribution in [3.05, 3.63) is 34.4 Å². The van der Waals surface area contributed by atoms with Gasteiger partial charge in [0.25, 0.3) is 0 Å². The largest absolute Gasteiger partial charge is 0.548 e. The average molecular weight is 382 g/mol. The molecule has 0 spiro atoms. The van der Waals surface area contributed by atoms with Gasteiger partial charge in [-0.3, -0.25) is 9.78 Å². The summed E-state index contributed by atoms with van der Waals surface area (Å²) in [7, 11) is 0. The third-order valence-electron chi connectivity index (χ3n) is 2.93. The Bertz CT molecular complexity index is 736. The Hall–Kier alpha value is -1.60. The zero-order valence-corrected chi connectivity index (χ0v) is 14.5. The van der Waals surface area contributed by atoms with Gasteiger partial charge in [0.05, 0.1) is 17.5 Å². The Morgan fingerprint density at radius 1 is 1.41 bits per heavy atom. The molecule has 2 aromatic rings. The number of halogens is 1. The Kier molecular flexibility index (Phi) is 5.42. The van der Waals surface area contributed by atoms with E-state index in [0.717, 1.165) is 26.0 Å². The lowest BCUT2D eigenvalue weighted by Crippen LogP contribution is -2.48. The van der Waals surface area contributed by atoms with Gasteiger partial charge in [-0.25, -0.2) is 0 Å². The van der Waals surface area contributed by atoms with E-state index in [-0.39, 0.29) is 5.75 Å². The second-order valence-electron chi connectivity index (χ2n) is 4.81. The van der Waals surface area contributed by atoms with E-state index in [2.05, 4.69) is 26.2 Å². The summed E-state index contributed by atoms with van der Waals surface area (Å²) in [6.45, 7) is 3.17. The summed E-state index contributed by atoms with van der Waals surface area (Å²) in [5.41, 5.74) is 1.69. The molecule has 0 fully saturated rings. The lowest BCUT2D eigenvalue weighted by Gasteiger charge is -2.19. The molecule has 0 unspecified atom stereocenters. The SMILES string of the molecule is CC(=O)N[C@H](CSc1cc(C)nc2ccc(Br)cc12)C(=O)[O-]. The van der Waals surface area contributed by atoms with Crippen LogP contribution in [0.15, 0.2) is 33.6 Å². The fourth-order valence-corrected chi connectivity index (χ4v) is 3.50. The first-order valence-corrected chi connectivity index (χ1v) is 8.32. The summed E-state index contributed by atoms with van der Waals surface area (Å²) in [6, 6.07) is 6.62. The predicted molar refractivity (Wildman–Crippen MR) is 87.5 cm³/mol. The fourth-order valence-electron chi connectivity index (χ4n) is 2.00. The van der Waals surface area contributed by atoms with Crippen molar-refractivity contribution in [1.82, 2.24) is 10.3 Å². The van der Waals surface area contributed by atoms with Crippen molar-refractivity contribution in [2.45, 2.75) is 24.8 Å². The number of fused-ring (bicyclic) bond motifs is 1. The van der Waals surface area contributed by atoms with E-state index in [1.54, 1.807) is 0 Å². The molecule has 1 aromatic carbocycles. The molecule has 1 aromatic heterocycles. The number of nitrogens with zero attached hydrogens (tertiary/aromatic N) is 1. The van der Waals surface area contributed by atoms with Crippen LogP contribution in [0, 0.1) is 6.92 Å². The Balaban J connectivity index is 2.28. The van der Waals surface area contributed by atoms with Crippen LogP contribution in [0.25, 0.3) is 10.9 Å². The summed E-state index contributed by atoms with van der Waals surface area (Å²) in [4.78, 5) is 27.5. The van der Waals surface area contributed by atoms with Gasteiger partial charge in [0.1, 0.15) is 0 Å². The quantitative estimate of drug-likeness (QED) is 0.796. The number of rotatable bonds is 5. The molecule has 0 aliphatic rings. The number of pyridine rings is 1. The van der Waals surface area contributed by atoms with Gasteiger partial charge in [-0.1, -0.05) is 15.9 Å². The number of aliphatic carboxylic acids is 1. The average Bonchev–Trinajstić information content (AvgIpc) is 2.43. The number of aromatic nitrogens is 1. The van der Waals surface area contributed by atoms with Crippen molar-refractivity contribution in [2.75, 3.05) is 5.75 Å². The highest BCUT2D eigenvalue weighted by atomic mass is 79.9. The smallest absolute Gasteiger partial charge is 0.217 e. The number of thioether (sulfide) groups is 1. The van der Waals surface area contributed by atoms with Crippen LogP contribution < -0.4 is 10.4 Å². The minimum absolute atomic E-state index is 0.187. The van der Waals surface area contributed by atoms with Crippen LogP contribution in [0.3, 0.4) is 0 Å². The number of carboxylic acid groups (broad SMARTS) is 1. The number of carboxylic acids is 1. The number of hydrogen-bond donors (Lipinski definition) is 1. The number of amides is 1. The summed E-state index contributed by atoms with van der Waals surface area (Å²) >= 11 is 4.78. The topological polar surface area (TPSA) is 82.1 Å². The van der Waals surface area contributed by atoms with E-state index in [1.165, 1.54) is 18.7 Å². The van der Waals surface area contributed by atoms with Crippen LogP contribution >= 0.6 is 27.7 Å². The molecule has 7 heteroatoms. The highest BCUT2D eigenvalue weighted by Crippen LogP contribution is 2.30. The number of carbonyl (C=O) groups excluding carboxylic acids is 2. The molecule has 2 rings (SSSR count). The van der Waals surface area contributed by atoms with Crippen molar-refractivity contribution in [1.29, 1.82) is 0 Å². The summed E-state index contributed by atoms with van der Waals surface area (Å²) < 4.78 is 0.922. The Morgan fingerprint density at radius 2 is 2.14 bits per heavy atom. The lowest BCUT2D eigenvalue weighted by atomic mass is 10.2. The van der Waals surface area contributed by atoms with Crippen LogP contribution in [0.1, 0.15) is 12.6 Å². The van der Waals surface area contributed by atoms with Gasteiger partial charge in [-0.2, -0.15) is 0 Å². The number of carbonyl (C=O) groups is 2. The molecule has 0 saturated carbocycles. The minimum atomic E-state index is -1.29.